The minimum Gasteiger partial charge on any atom is -0.329 e. The molecular weight excluding hydrogens is 102 g/mol. The first-order chi connectivity index (χ1) is 4.33. The highest BCUT2D eigenvalue weighted by Crippen LogP contribution is 1.84. The standard InChI is InChI=1S/C6H7NO/c1-5-2-3-6(8)7-4-5/h2-4H,1H3,(H,7,8)/i1D. The van der Waals surface area contributed by atoms with Crippen molar-refractivity contribution in [1.29, 1.82) is 0 Å². The van der Waals surface area contributed by atoms with Crippen molar-refractivity contribution in [2.24, 2.45) is 0 Å². The molecule has 2 nitrogen and oxygen atoms in total. The number of aromatic amines is 1. The summed E-state index contributed by atoms with van der Waals surface area (Å²) in [5.41, 5.74) is 0.710. The molecule has 0 aliphatic heterocycles. The largest absolute Gasteiger partial charge is 0.329 e. The van der Waals surface area contributed by atoms with Gasteiger partial charge in [0, 0.05) is 13.6 Å². The fourth-order valence-corrected chi connectivity index (χ4v) is 0.443. The van der Waals surface area contributed by atoms with E-state index >= 15 is 0 Å². The van der Waals surface area contributed by atoms with Crippen molar-refractivity contribution in [3.05, 3.63) is 34.2 Å². The SMILES string of the molecule is [2H]Cc1ccc(=O)[nH]c1. The van der Waals surface area contributed by atoms with Gasteiger partial charge in [0.15, 0.2) is 0 Å². The third-order valence-electron chi connectivity index (χ3n) is 0.849. The van der Waals surface area contributed by atoms with E-state index in [4.69, 9.17) is 1.37 Å². The Morgan fingerprint density at radius 2 is 2.62 bits per heavy atom. The van der Waals surface area contributed by atoms with Crippen LogP contribution < -0.4 is 5.56 Å². The Morgan fingerprint density at radius 1 is 1.75 bits per heavy atom. The van der Waals surface area contributed by atoms with Crippen molar-refractivity contribution >= 4 is 0 Å². The van der Waals surface area contributed by atoms with Crippen LogP contribution in [0.4, 0.5) is 0 Å². The van der Waals surface area contributed by atoms with Crippen molar-refractivity contribution in [2.75, 3.05) is 0 Å². The maximum Gasteiger partial charge on any atom is 0.247 e. The van der Waals surface area contributed by atoms with Crippen LogP contribution in [0, 0.1) is 6.90 Å². The Hall–Kier alpha value is -1.05. The number of rotatable bonds is 0. The van der Waals surface area contributed by atoms with E-state index in [0.717, 1.165) is 5.56 Å². The summed E-state index contributed by atoms with van der Waals surface area (Å²) in [6.07, 6.45) is 1.55. The summed E-state index contributed by atoms with van der Waals surface area (Å²) < 4.78 is 6.89. The molecule has 1 aromatic heterocycles. The molecule has 0 bridgehead atoms. The highest BCUT2D eigenvalue weighted by molar-refractivity contribution is 5.04. The van der Waals surface area contributed by atoms with Crippen LogP contribution in [-0.4, -0.2) is 4.98 Å². The number of aryl methyl sites for hydroxylation is 1. The van der Waals surface area contributed by atoms with Crippen LogP contribution in [0.2, 0.25) is 0 Å². The van der Waals surface area contributed by atoms with E-state index in [1.54, 1.807) is 12.3 Å². The van der Waals surface area contributed by atoms with Gasteiger partial charge in [-0.1, -0.05) is 6.07 Å². The first kappa shape index (κ1) is 3.89. The van der Waals surface area contributed by atoms with Crippen molar-refractivity contribution in [2.45, 2.75) is 6.90 Å². The van der Waals surface area contributed by atoms with Gasteiger partial charge in [0.25, 0.3) is 0 Å². The van der Waals surface area contributed by atoms with E-state index in [0.29, 0.717) is 0 Å². The Kier molecular flexibility index (Phi) is 0.886. The van der Waals surface area contributed by atoms with Gasteiger partial charge < -0.3 is 4.98 Å². The van der Waals surface area contributed by atoms with Gasteiger partial charge in [-0.15, -0.1) is 0 Å². The third kappa shape index (κ3) is 0.964. The third-order valence-corrected chi connectivity index (χ3v) is 0.849. The van der Waals surface area contributed by atoms with Crippen LogP contribution >= 0.6 is 0 Å². The Labute approximate surface area is 48.6 Å². The van der Waals surface area contributed by atoms with Crippen LogP contribution in [-0.2, 0) is 0 Å². The Morgan fingerprint density at radius 3 is 3.12 bits per heavy atom. The van der Waals surface area contributed by atoms with Gasteiger partial charge in [0.1, 0.15) is 0 Å². The van der Waals surface area contributed by atoms with Gasteiger partial charge in [-0.05, 0) is 12.5 Å². The molecule has 0 spiro atoms. The second-order valence-corrected chi connectivity index (χ2v) is 1.56. The molecule has 42 valence electrons. The molecule has 0 amide bonds. The lowest BCUT2D eigenvalue weighted by atomic mass is 10.3. The van der Waals surface area contributed by atoms with Gasteiger partial charge in [0.2, 0.25) is 5.56 Å². The summed E-state index contributed by atoms with van der Waals surface area (Å²) in [5.74, 6) is 0. The highest BCUT2D eigenvalue weighted by atomic mass is 16.1. The molecule has 0 saturated carbocycles. The number of aromatic nitrogens is 1. The van der Waals surface area contributed by atoms with E-state index < -0.39 is 0 Å². The number of hydrogen-bond acceptors (Lipinski definition) is 1. The minimum absolute atomic E-state index is 0.118. The van der Waals surface area contributed by atoms with Crippen LogP contribution in [0.15, 0.2) is 23.1 Å². The molecule has 8 heavy (non-hydrogen) atoms. The van der Waals surface area contributed by atoms with Crippen molar-refractivity contribution < 1.29 is 1.37 Å². The van der Waals surface area contributed by atoms with Gasteiger partial charge in [-0.25, -0.2) is 0 Å². The molecule has 0 fully saturated rings. The zero-order valence-corrected chi connectivity index (χ0v) is 4.35. The second-order valence-electron chi connectivity index (χ2n) is 1.56. The van der Waals surface area contributed by atoms with E-state index in [-0.39, 0.29) is 12.5 Å². The Bertz CT molecular complexity index is 223. The summed E-state index contributed by atoms with van der Waals surface area (Å²) in [6.45, 7) is 0.219. The highest BCUT2D eigenvalue weighted by Gasteiger charge is 1.78. The summed E-state index contributed by atoms with van der Waals surface area (Å²) in [6, 6.07) is 3.07. The van der Waals surface area contributed by atoms with Crippen molar-refractivity contribution in [3.63, 3.8) is 0 Å². The van der Waals surface area contributed by atoms with Crippen molar-refractivity contribution in [1.82, 2.24) is 4.98 Å². The topological polar surface area (TPSA) is 32.9 Å². The van der Waals surface area contributed by atoms with Crippen molar-refractivity contribution in [3.8, 4) is 0 Å². The van der Waals surface area contributed by atoms with E-state index in [1.807, 2.05) is 0 Å². The predicted molar refractivity (Wildman–Crippen MR) is 31.8 cm³/mol. The van der Waals surface area contributed by atoms with Crippen LogP contribution in [0.3, 0.4) is 0 Å². The van der Waals surface area contributed by atoms with Gasteiger partial charge in [0.05, 0.1) is 0 Å². The molecule has 0 aromatic carbocycles. The molecule has 0 saturated heterocycles. The lowest BCUT2D eigenvalue weighted by Crippen LogP contribution is -2.00. The average molecular weight is 110 g/mol. The lowest BCUT2D eigenvalue weighted by molar-refractivity contribution is 1.20. The normalized spacial score (nSPS) is 10.8. The first-order valence-corrected chi connectivity index (χ1v) is 2.30. The van der Waals surface area contributed by atoms with Gasteiger partial charge >= 0.3 is 0 Å². The molecule has 0 aliphatic carbocycles. The molecule has 1 rings (SSSR count). The zero-order valence-electron chi connectivity index (χ0n) is 5.35. The van der Waals surface area contributed by atoms with Crippen LogP contribution in [0.1, 0.15) is 6.93 Å². The summed E-state index contributed by atoms with van der Waals surface area (Å²) >= 11 is 0. The summed E-state index contributed by atoms with van der Waals surface area (Å²) in [4.78, 5) is 12.9. The number of pyridine rings is 1. The van der Waals surface area contributed by atoms with Crippen LogP contribution in [0.5, 0.6) is 0 Å². The molecular formula is C6H7NO. The average Bonchev–Trinajstić information content (AvgIpc) is 1.90. The molecule has 0 radical (unpaired) electrons. The molecule has 0 atom stereocenters. The maximum atomic E-state index is 10.4. The number of H-pyrrole nitrogens is 1. The zero-order chi connectivity index (χ0) is 6.69. The van der Waals surface area contributed by atoms with E-state index in [1.165, 1.54) is 6.07 Å². The molecule has 1 aromatic rings. The minimum atomic E-state index is -0.118. The summed E-state index contributed by atoms with van der Waals surface area (Å²) in [7, 11) is 0. The maximum absolute atomic E-state index is 10.4. The van der Waals surface area contributed by atoms with Gasteiger partial charge in [-0.3, -0.25) is 4.79 Å². The Balaban J connectivity index is 3.02. The molecule has 0 aliphatic rings. The summed E-state index contributed by atoms with van der Waals surface area (Å²) in [5, 5.41) is 0. The van der Waals surface area contributed by atoms with Crippen LogP contribution in [0.25, 0.3) is 0 Å². The predicted octanol–water partition coefficient (Wildman–Crippen LogP) is 0.683. The molecule has 2 heteroatoms. The van der Waals surface area contributed by atoms with E-state index in [9.17, 15) is 4.79 Å². The molecule has 1 heterocycles. The first-order valence-electron chi connectivity index (χ1n) is 3.00. The second kappa shape index (κ2) is 1.82. The molecule has 1 N–H and O–H groups in total. The fraction of sp³-hybridized carbons (Fsp3) is 0.167. The van der Waals surface area contributed by atoms with E-state index in [2.05, 4.69) is 4.98 Å². The number of nitrogens with one attached hydrogen (secondary N) is 1. The quantitative estimate of drug-likeness (QED) is 0.523. The smallest absolute Gasteiger partial charge is 0.247 e. The molecule has 0 unspecified atom stereocenters. The monoisotopic (exact) mass is 110 g/mol. The lowest BCUT2D eigenvalue weighted by Gasteiger charge is -1.83. The fourth-order valence-electron chi connectivity index (χ4n) is 0.443. The van der Waals surface area contributed by atoms with Gasteiger partial charge in [-0.2, -0.15) is 0 Å². The number of hydrogen-bond donors (Lipinski definition) is 1.